The average Bonchev–Trinajstić information content (AvgIpc) is 2.66. The third-order valence-electron chi connectivity index (χ3n) is 3.61. The van der Waals surface area contributed by atoms with Gasteiger partial charge in [-0.3, -0.25) is 9.78 Å². The predicted octanol–water partition coefficient (Wildman–Crippen LogP) is 3.20. The lowest BCUT2D eigenvalue weighted by Crippen LogP contribution is -2.29. The average molecular weight is 336 g/mol. The number of carbonyl (C=O) groups excluding carboxylic acids is 1. The fourth-order valence-electron chi connectivity index (χ4n) is 2.37. The molecular formula is C20H20N2O3. The van der Waals surface area contributed by atoms with Crippen molar-refractivity contribution in [2.75, 3.05) is 19.8 Å². The second kappa shape index (κ2) is 8.68. The molecule has 0 aliphatic heterocycles. The fourth-order valence-corrected chi connectivity index (χ4v) is 2.37. The van der Waals surface area contributed by atoms with Gasteiger partial charge in [0, 0.05) is 11.6 Å². The lowest BCUT2D eigenvalue weighted by Gasteiger charge is -2.09. The largest absolute Gasteiger partial charge is 0.493 e. The summed E-state index contributed by atoms with van der Waals surface area (Å²) in [4.78, 5) is 16.0. The Balaban J connectivity index is 1.34. The van der Waals surface area contributed by atoms with Gasteiger partial charge < -0.3 is 14.8 Å². The topological polar surface area (TPSA) is 60.5 Å². The van der Waals surface area contributed by atoms with E-state index >= 15 is 0 Å². The van der Waals surface area contributed by atoms with E-state index in [0.29, 0.717) is 26.2 Å². The van der Waals surface area contributed by atoms with Crippen molar-refractivity contribution in [1.29, 1.82) is 0 Å². The number of ether oxygens (including phenoxy) is 2. The monoisotopic (exact) mass is 336 g/mol. The molecule has 0 aliphatic rings. The van der Waals surface area contributed by atoms with Crippen molar-refractivity contribution < 1.29 is 14.3 Å². The van der Waals surface area contributed by atoms with E-state index in [1.54, 1.807) is 6.20 Å². The second-order valence-corrected chi connectivity index (χ2v) is 5.47. The van der Waals surface area contributed by atoms with Gasteiger partial charge >= 0.3 is 0 Å². The molecule has 1 aromatic heterocycles. The van der Waals surface area contributed by atoms with Gasteiger partial charge in [-0.05, 0) is 36.4 Å². The quantitative estimate of drug-likeness (QED) is 0.642. The summed E-state index contributed by atoms with van der Waals surface area (Å²) < 4.78 is 11.2. The molecule has 3 aromatic rings. The summed E-state index contributed by atoms with van der Waals surface area (Å²) in [6.45, 7) is 1.22. The summed E-state index contributed by atoms with van der Waals surface area (Å²) in [7, 11) is 0. The zero-order chi connectivity index (χ0) is 17.3. The number of hydrogen-bond donors (Lipinski definition) is 1. The van der Waals surface area contributed by atoms with Crippen LogP contribution in [0.3, 0.4) is 0 Å². The third-order valence-corrected chi connectivity index (χ3v) is 3.61. The molecule has 0 aliphatic carbocycles. The van der Waals surface area contributed by atoms with Gasteiger partial charge in [-0.15, -0.1) is 0 Å². The fraction of sp³-hybridized carbons (Fsp3) is 0.200. The zero-order valence-corrected chi connectivity index (χ0v) is 13.9. The molecule has 5 heteroatoms. The van der Waals surface area contributed by atoms with Gasteiger partial charge in [-0.1, -0.05) is 24.3 Å². The predicted molar refractivity (Wildman–Crippen MR) is 96.8 cm³/mol. The molecule has 0 spiro atoms. The maximum Gasteiger partial charge on any atom is 0.223 e. The maximum absolute atomic E-state index is 11.8. The van der Waals surface area contributed by atoms with Crippen LogP contribution in [0.25, 0.3) is 10.9 Å². The van der Waals surface area contributed by atoms with E-state index in [1.807, 2.05) is 60.7 Å². The van der Waals surface area contributed by atoms with Crippen molar-refractivity contribution in [1.82, 2.24) is 10.3 Å². The number of amides is 1. The Bertz CT molecular complexity index is 821. The van der Waals surface area contributed by atoms with Crippen LogP contribution in [0.5, 0.6) is 11.5 Å². The van der Waals surface area contributed by atoms with Crippen molar-refractivity contribution >= 4 is 16.8 Å². The first-order valence-corrected chi connectivity index (χ1v) is 8.23. The van der Waals surface area contributed by atoms with Crippen LogP contribution in [0.15, 0.2) is 66.9 Å². The molecule has 1 amide bonds. The Kier molecular flexibility index (Phi) is 5.82. The lowest BCUT2D eigenvalue weighted by molar-refractivity contribution is -0.121. The first-order valence-electron chi connectivity index (χ1n) is 8.23. The number of aromatic nitrogens is 1. The van der Waals surface area contributed by atoms with Gasteiger partial charge in [-0.2, -0.15) is 0 Å². The van der Waals surface area contributed by atoms with Gasteiger partial charge in [0.2, 0.25) is 5.91 Å². The molecule has 0 saturated carbocycles. The third kappa shape index (κ3) is 5.21. The minimum absolute atomic E-state index is 0.0535. The highest BCUT2D eigenvalue weighted by Crippen LogP contribution is 2.18. The number of fused-ring (bicyclic) bond motifs is 1. The molecule has 0 atom stereocenters. The first-order chi connectivity index (χ1) is 12.3. The normalized spacial score (nSPS) is 10.4. The molecule has 25 heavy (non-hydrogen) atoms. The maximum atomic E-state index is 11.8. The molecule has 0 fully saturated rings. The number of nitrogens with one attached hydrogen (secondary N) is 1. The van der Waals surface area contributed by atoms with E-state index < -0.39 is 0 Å². The SMILES string of the molecule is O=C(CCOc1ccccc1)NCCOc1ccc2ncccc2c1. The zero-order valence-electron chi connectivity index (χ0n) is 13.9. The Hall–Kier alpha value is -3.08. The Morgan fingerprint density at radius 3 is 2.64 bits per heavy atom. The van der Waals surface area contributed by atoms with E-state index in [4.69, 9.17) is 9.47 Å². The van der Waals surface area contributed by atoms with Gasteiger partial charge in [0.15, 0.2) is 0 Å². The summed E-state index contributed by atoms with van der Waals surface area (Å²) in [5.74, 6) is 1.48. The summed E-state index contributed by atoms with van der Waals surface area (Å²) >= 11 is 0. The van der Waals surface area contributed by atoms with Crippen molar-refractivity contribution in [3.63, 3.8) is 0 Å². The molecule has 1 heterocycles. The number of carbonyl (C=O) groups is 1. The summed E-state index contributed by atoms with van der Waals surface area (Å²) in [5, 5.41) is 3.85. The highest BCUT2D eigenvalue weighted by Gasteiger charge is 2.02. The van der Waals surface area contributed by atoms with Crippen LogP contribution < -0.4 is 14.8 Å². The van der Waals surface area contributed by atoms with E-state index in [9.17, 15) is 4.79 Å². The number of para-hydroxylation sites is 1. The molecule has 0 bridgehead atoms. The molecule has 2 aromatic carbocycles. The highest BCUT2D eigenvalue weighted by atomic mass is 16.5. The number of rotatable bonds is 8. The Morgan fingerprint density at radius 2 is 1.76 bits per heavy atom. The number of pyridine rings is 1. The molecule has 128 valence electrons. The summed E-state index contributed by atoms with van der Waals surface area (Å²) in [5.41, 5.74) is 0.932. The van der Waals surface area contributed by atoms with Gasteiger partial charge in [0.1, 0.15) is 18.1 Å². The van der Waals surface area contributed by atoms with Crippen molar-refractivity contribution in [3.05, 3.63) is 66.9 Å². The summed E-state index contributed by atoms with van der Waals surface area (Å²) in [6.07, 6.45) is 2.08. The molecular weight excluding hydrogens is 316 g/mol. The van der Waals surface area contributed by atoms with Crippen LogP contribution in [0.4, 0.5) is 0 Å². The Labute approximate surface area is 146 Å². The van der Waals surface area contributed by atoms with Crippen molar-refractivity contribution in [2.24, 2.45) is 0 Å². The first kappa shape index (κ1) is 16.8. The molecule has 3 rings (SSSR count). The highest BCUT2D eigenvalue weighted by molar-refractivity contribution is 5.79. The smallest absolute Gasteiger partial charge is 0.223 e. The standard InChI is InChI=1S/C20H20N2O3/c23-20(10-13-24-17-6-2-1-3-7-17)22-12-14-25-18-8-9-19-16(15-18)5-4-11-21-19/h1-9,11,15H,10,12-14H2,(H,22,23). The van der Waals surface area contributed by atoms with Crippen LogP contribution in [0, 0.1) is 0 Å². The van der Waals surface area contributed by atoms with Crippen LogP contribution >= 0.6 is 0 Å². The van der Waals surface area contributed by atoms with E-state index in [0.717, 1.165) is 22.4 Å². The molecule has 0 unspecified atom stereocenters. The van der Waals surface area contributed by atoms with Gasteiger partial charge in [0.25, 0.3) is 0 Å². The van der Waals surface area contributed by atoms with Crippen molar-refractivity contribution in [3.8, 4) is 11.5 Å². The minimum Gasteiger partial charge on any atom is -0.493 e. The summed E-state index contributed by atoms with van der Waals surface area (Å²) in [6, 6.07) is 19.1. The van der Waals surface area contributed by atoms with Crippen LogP contribution in [-0.2, 0) is 4.79 Å². The minimum atomic E-state index is -0.0535. The van der Waals surface area contributed by atoms with Crippen LogP contribution in [0.1, 0.15) is 6.42 Å². The van der Waals surface area contributed by atoms with Crippen LogP contribution in [0.2, 0.25) is 0 Å². The van der Waals surface area contributed by atoms with Crippen molar-refractivity contribution in [2.45, 2.75) is 6.42 Å². The second-order valence-electron chi connectivity index (χ2n) is 5.47. The van der Waals surface area contributed by atoms with Crippen LogP contribution in [-0.4, -0.2) is 30.6 Å². The molecule has 0 radical (unpaired) electrons. The number of nitrogens with zero attached hydrogens (tertiary/aromatic N) is 1. The number of benzene rings is 2. The lowest BCUT2D eigenvalue weighted by atomic mass is 10.2. The molecule has 1 N–H and O–H groups in total. The molecule has 0 saturated heterocycles. The number of hydrogen-bond acceptors (Lipinski definition) is 4. The van der Waals surface area contributed by atoms with E-state index in [-0.39, 0.29) is 5.91 Å². The van der Waals surface area contributed by atoms with E-state index in [1.165, 1.54) is 0 Å². The molecule has 5 nitrogen and oxygen atoms in total. The van der Waals surface area contributed by atoms with Gasteiger partial charge in [0.05, 0.1) is 25.1 Å². The van der Waals surface area contributed by atoms with E-state index in [2.05, 4.69) is 10.3 Å². The van der Waals surface area contributed by atoms with Gasteiger partial charge in [-0.25, -0.2) is 0 Å². The Morgan fingerprint density at radius 1 is 0.920 bits per heavy atom.